The van der Waals surface area contributed by atoms with Crippen molar-refractivity contribution < 1.29 is 4.79 Å². The monoisotopic (exact) mass is 411 g/mol. The highest BCUT2D eigenvalue weighted by Gasteiger charge is 2.24. The normalized spacial score (nSPS) is 14.3. The molecule has 150 valence electrons. The molecular formula is C18H21N9OS. The van der Waals surface area contributed by atoms with Gasteiger partial charge in [0.2, 0.25) is 5.91 Å². The van der Waals surface area contributed by atoms with Crippen molar-refractivity contribution in [3.8, 4) is 12.1 Å². The predicted octanol–water partition coefficient (Wildman–Crippen LogP) is 1.07. The van der Waals surface area contributed by atoms with Gasteiger partial charge >= 0.3 is 0 Å². The molecule has 2 aromatic rings. The summed E-state index contributed by atoms with van der Waals surface area (Å²) in [6.45, 7) is 6.92. The molecule has 1 fully saturated rings. The third-order valence-corrected chi connectivity index (χ3v) is 5.09. The third kappa shape index (κ3) is 5.16. The maximum absolute atomic E-state index is 12.0. The fourth-order valence-electron chi connectivity index (χ4n) is 2.99. The molecule has 3 heterocycles. The van der Waals surface area contributed by atoms with E-state index in [1.165, 1.54) is 23.9 Å². The number of hydrogen-bond acceptors (Lipinski definition) is 10. The highest BCUT2D eigenvalue weighted by atomic mass is 32.1. The Bertz CT molecular complexity index is 951. The van der Waals surface area contributed by atoms with Crippen LogP contribution in [-0.4, -0.2) is 64.5 Å². The first kappa shape index (κ1) is 20.5. The lowest BCUT2D eigenvalue weighted by Gasteiger charge is -2.35. The lowest BCUT2D eigenvalue weighted by Crippen LogP contribution is -2.50. The minimum atomic E-state index is 0.0138. The number of carbonyl (C=O) groups excluding carboxylic acids is 1. The lowest BCUT2D eigenvalue weighted by atomic mass is 10.2. The van der Waals surface area contributed by atoms with E-state index in [4.69, 9.17) is 5.26 Å². The molecule has 10 nitrogen and oxygen atoms in total. The second-order valence-corrected chi connectivity index (χ2v) is 7.82. The van der Waals surface area contributed by atoms with Gasteiger partial charge in [0.1, 0.15) is 28.9 Å². The molecule has 0 aromatic carbocycles. The summed E-state index contributed by atoms with van der Waals surface area (Å²) in [4.78, 5) is 29.1. The average Bonchev–Trinajstić information content (AvgIpc) is 3.15. The number of aromatic nitrogens is 3. The van der Waals surface area contributed by atoms with Gasteiger partial charge in [-0.25, -0.2) is 15.0 Å². The van der Waals surface area contributed by atoms with E-state index in [-0.39, 0.29) is 11.9 Å². The van der Waals surface area contributed by atoms with Gasteiger partial charge in [0.15, 0.2) is 16.8 Å². The van der Waals surface area contributed by atoms with Gasteiger partial charge in [0, 0.05) is 32.2 Å². The van der Waals surface area contributed by atoms with Crippen LogP contribution in [0.25, 0.3) is 0 Å². The molecule has 2 N–H and O–H groups in total. The Kier molecular flexibility index (Phi) is 6.54. The number of nitriles is 2. The third-order valence-electron chi connectivity index (χ3n) is 4.27. The van der Waals surface area contributed by atoms with Crippen LogP contribution in [0.1, 0.15) is 24.3 Å². The zero-order valence-electron chi connectivity index (χ0n) is 16.2. The van der Waals surface area contributed by atoms with E-state index in [9.17, 15) is 10.1 Å². The largest absolute Gasteiger partial charge is 0.353 e. The molecule has 1 amide bonds. The van der Waals surface area contributed by atoms with Crippen LogP contribution >= 0.6 is 11.3 Å². The van der Waals surface area contributed by atoms with Crippen molar-refractivity contribution in [1.29, 1.82) is 10.5 Å². The molecule has 0 radical (unpaired) electrons. The summed E-state index contributed by atoms with van der Waals surface area (Å²) in [6, 6.07) is 4.32. The molecule has 3 rings (SSSR count). The maximum Gasteiger partial charge on any atom is 0.234 e. The Morgan fingerprint density at radius 1 is 1.21 bits per heavy atom. The van der Waals surface area contributed by atoms with Crippen LogP contribution in [0.2, 0.25) is 0 Å². The van der Waals surface area contributed by atoms with Crippen molar-refractivity contribution in [3.63, 3.8) is 0 Å². The fraction of sp³-hybridized carbons (Fsp3) is 0.444. The summed E-state index contributed by atoms with van der Waals surface area (Å²) in [7, 11) is 0. The van der Waals surface area contributed by atoms with Crippen LogP contribution in [0.15, 0.2) is 12.5 Å². The molecule has 0 unspecified atom stereocenters. The van der Waals surface area contributed by atoms with Gasteiger partial charge in [-0.2, -0.15) is 10.5 Å². The van der Waals surface area contributed by atoms with Gasteiger partial charge in [0.25, 0.3) is 0 Å². The first-order valence-electron chi connectivity index (χ1n) is 9.15. The molecule has 1 saturated heterocycles. The van der Waals surface area contributed by atoms with Crippen molar-refractivity contribution in [2.24, 2.45) is 0 Å². The van der Waals surface area contributed by atoms with Crippen molar-refractivity contribution in [2.45, 2.75) is 19.9 Å². The maximum atomic E-state index is 12.0. The van der Waals surface area contributed by atoms with Gasteiger partial charge in [-0.15, -0.1) is 0 Å². The number of amides is 1. The Hall–Kier alpha value is -3.28. The second-order valence-electron chi connectivity index (χ2n) is 6.78. The Labute approximate surface area is 172 Å². The molecule has 0 aliphatic carbocycles. The van der Waals surface area contributed by atoms with E-state index in [2.05, 4.69) is 36.6 Å². The van der Waals surface area contributed by atoms with Crippen molar-refractivity contribution in [1.82, 2.24) is 25.2 Å². The Balaban J connectivity index is 1.68. The van der Waals surface area contributed by atoms with Crippen LogP contribution < -0.4 is 15.5 Å². The van der Waals surface area contributed by atoms with Gasteiger partial charge in [-0.1, -0.05) is 11.3 Å². The molecule has 29 heavy (non-hydrogen) atoms. The van der Waals surface area contributed by atoms with Gasteiger partial charge in [-0.3, -0.25) is 9.69 Å². The van der Waals surface area contributed by atoms with E-state index >= 15 is 0 Å². The number of rotatable bonds is 6. The summed E-state index contributed by atoms with van der Waals surface area (Å²) in [5.74, 6) is 0.920. The highest BCUT2D eigenvalue weighted by molar-refractivity contribution is 7.16. The van der Waals surface area contributed by atoms with Crippen LogP contribution in [0.4, 0.5) is 16.8 Å². The molecule has 2 aromatic heterocycles. The summed E-state index contributed by atoms with van der Waals surface area (Å²) < 4.78 is 0. The van der Waals surface area contributed by atoms with E-state index in [0.717, 1.165) is 0 Å². The van der Waals surface area contributed by atoms with E-state index < -0.39 is 0 Å². The van der Waals surface area contributed by atoms with Crippen LogP contribution in [0.3, 0.4) is 0 Å². The van der Waals surface area contributed by atoms with Crippen LogP contribution in [0, 0.1) is 22.7 Å². The van der Waals surface area contributed by atoms with Crippen molar-refractivity contribution in [3.05, 3.63) is 23.0 Å². The molecule has 0 spiro atoms. The number of hydrogen-bond donors (Lipinski definition) is 2. The summed E-state index contributed by atoms with van der Waals surface area (Å²) in [6.07, 6.45) is 2.87. The number of thiazole rings is 1. The highest BCUT2D eigenvalue weighted by Crippen LogP contribution is 2.27. The number of nitrogens with one attached hydrogen (secondary N) is 2. The Morgan fingerprint density at radius 3 is 2.59 bits per heavy atom. The van der Waals surface area contributed by atoms with Crippen LogP contribution in [0.5, 0.6) is 0 Å². The first-order valence-corrected chi connectivity index (χ1v) is 9.96. The molecule has 0 bridgehead atoms. The number of anilines is 3. The zero-order valence-corrected chi connectivity index (χ0v) is 17.0. The molecule has 11 heteroatoms. The number of carbonyl (C=O) groups is 1. The minimum absolute atomic E-state index is 0.0138. The van der Waals surface area contributed by atoms with E-state index in [1.54, 1.807) is 0 Å². The zero-order chi connectivity index (χ0) is 20.8. The topological polar surface area (TPSA) is 134 Å². The van der Waals surface area contributed by atoms with Crippen molar-refractivity contribution >= 4 is 34.0 Å². The first-order chi connectivity index (χ1) is 14.0. The molecule has 1 aliphatic heterocycles. The van der Waals surface area contributed by atoms with Crippen molar-refractivity contribution in [2.75, 3.05) is 42.9 Å². The van der Waals surface area contributed by atoms with Gasteiger partial charge < -0.3 is 15.5 Å². The lowest BCUT2D eigenvalue weighted by molar-refractivity contribution is -0.122. The summed E-state index contributed by atoms with van der Waals surface area (Å²) in [5, 5.41) is 25.0. The second kappa shape index (κ2) is 9.28. The number of nitrogens with zero attached hydrogens (tertiary/aromatic N) is 7. The Morgan fingerprint density at radius 2 is 1.97 bits per heavy atom. The molecule has 0 atom stereocenters. The summed E-state index contributed by atoms with van der Waals surface area (Å²) in [5.41, 5.74) is 0.326. The fourth-order valence-corrected chi connectivity index (χ4v) is 3.60. The average molecular weight is 411 g/mol. The molecular weight excluding hydrogens is 390 g/mol. The van der Waals surface area contributed by atoms with Gasteiger partial charge in [0.05, 0.1) is 12.7 Å². The summed E-state index contributed by atoms with van der Waals surface area (Å²) >= 11 is 1.19. The standard InChI is InChI=1S/C18H21N9OS/c1-12(2)24-15(28)10-26-3-5-27(6-4-26)17-14(8-20)16(22-11-23-17)25-18-21-9-13(7-19)29-18/h9,11-12H,3-6,10H2,1-2H3,(H,24,28)(H,21,22,23,25). The minimum Gasteiger partial charge on any atom is -0.353 e. The van der Waals surface area contributed by atoms with E-state index in [1.807, 2.05) is 24.8 Å². The van der Waals surface area contributed by atoms with Crippen LogP contribution in [-0.2, 0) is 4.79 Å². The quantitative estimate of drug-likeness (QED) is 0.715. The number of piperazine rings is 1. The smallest absolute Gasteiger partial charge is 0.234 e. The predicted molar refractivity (Wildman–Crippen MR) is 109 cm³/mol. The molecule has 1 aliphatic rings. The SMILES string of the molecule is CC(C)NC(=O)CN1CCN(c2ncnc(Nc3ncc(C#N)s3)c2C#N)CC1. The molecule has 0 saturated carbocycles. The van der Waals surface area contributed by atoms with Gasteiger partial charge in [-0.05, 0) is 13.8 Å². The van der Waals surface area contributed by atoms with E-state index in [0.29, 0.717) is 59.9 Å².